The molecule has 0 bridgehead atoms. The van der Waals surface area contributed by atoms with Crippen LogP contribution >= 0.6 is 0 Å². The van der Waals surface area contributed by atoms with E-state index in [9.17, 15) is 9.18 Å². The topological polar surface area (TPSA) is 64.1 Å². The predicted octanol–water partition coefficient (Wildman–Crippen LogP) is 2.07. The Hall–Kier alpha value is -1.72. The maximum absolute atomic E-state index is 13.8. The average molecular weight is 255 g/mol. The third-order valence-electron chi connectivity index (χ3n) is 2.74. The number of hydrogen-bond acceptors (Lipinski definition) is 5. The molecule has 1 aromatic rings. The Labute approximate surface area is 106 Å². The maximum Gasteiger partial charge on any atom is 0.331 e. The highest BCUT2D eigenvalue weighted by Gasteiger charge is 2.34. The van der Waals surface area contributed by atoms with E-state index >= 15 is 0 Å². The molecule has 0 amide bonds. The van der Waals surface area contributed by atoms with E-state index in [2.05, 4.69) is 15.3 Å². The van der Waals surface area contributed by atoms with Gasteiger partial charge in [-0.2, -0.15) is 0 Å². The molecule has 1 aromatic heterocycles. The number of rotatable bonds is 5. The number of anilines is 1. The molecule has 1 unspecified atom stereocenters. The Morgan fingerprint density at radius 2 is 2.22 bits per heavy atom. The van der Waals surface area contributed by atoms with E-state index in [1.165, 1.54) is 20.4 Å². The van der Waals surface area contributed by atoms with Gasteiger partial charge in [-0.3, -0.25) is 0 Å². The zero-order chi connectivity index (χ0) is 13.8. The van der Waals surface area contributed by atoms with Crippen molar-refractivity contribution in [2.24, 2.45) is 0 Å². The van der Waals surface area contributed by atoms with Gasteiger partial charge in [0, 0.05) is 0 Å². The van der Waals surface area contributed by atoms with Gasteiger partial charge in [0.15, 0.2) is 11.6 Å². The fourth-order valence-corrected chi connectivity index (χ4v) is 1.75. The maximum atomic E-state index is 13.8. The lowest BCUT2D eigenvalue weighted by Gasteiger charge is -2.28. The molecule has 1 N–H and O–H groups in total. The van der Waals surface area contributed by atoms with E-state index in [1.807, 2.05) is 6.92 Å². The summed E-state index contributed by atoms with van der Waals surface area (Å²) in [7, 11) is 1.31. The van der Waals surface area contributed by atoms with Gasteiger partial charge in [0.2, 0.25) is 0 Å². The fraction of sp³-hybridized carbons (Fsp3) is 0.583. The van der Waals surface area contributed by atoms with Gasteiger partial charge in [-0.05, 0) is 20.3 Å². The number of ether oxygens (including phenoxy) is 1. The van der Waals surface area contributed by atoms with E-state index in [0.29, 0.717) is 6.42 Å². The summed E-state index contributed by atoms with van der Waals surface area (Å²) in [6.07, 6.45) is 2.52. The molecule has 1 heterocycles. The number of aromatic nitrogens is 2. The summed E-state index contributed by atoms with van der Waals surface area (Å²) in [6.45, 7) is 5.14. The third kappa shape index (κ3) is 2.94. The smallest absolute Gasteiger partial charge is 0.331 e. The second kappa shape index (κ2) is 5.75. The highest BCUT2D eigenvalue weighted by molar-refractivity contribution is 5.83. The Kier molecular flexibility index (Phi) is 4.58. The van der Waals surface area contributed by atoms with Crippen molar-refractivity contribution in [2.75, 3.05) is 12.4 Å². The first-order valence-corrected chi connectivity index (χ1v) is 5.78. The number of aryl methyl sites for hydroxylation is 1. The van der Waals surface area contributed by atoms with Crippen LogP contribution in [0, 0.1) is 12.7 Å². The lowest BCUT2D eigenvalue weighted by atomic mass is 9.96. The first-order chi connectivity index (χ1) is 8.44. The van der Waals surface area contributed by atoms with Crippen LogP contribution in [0.1, 0.15) is 32.4 Å². The van der Waals surface area contributed by atoms with Crippen LogP contribution in [0.15, 0.2) is 6.33 Å². The number of hydrogen-bond donors (Lipinski definition) is 1. The molecule has 0 spiro atoms. The minimum atomic E-state index is -0.995. The Morgan fingerprint density at radius 3 is 2.78 bits per heavy atom. The first kappa shape index (κ1) is 14.3. The van der Waals surface area contributed by atoms with Gasteiger partial charge in [0.25, 0.3) is 0 Å². The van der Waals surface area contributed by atoms with E-state index in [-0.39, 0.29) is 11.5 Å². The lowest BCUT2D eigenvalue weighted by molar-refractivity contribution is -0.145. The molecule has 1 atom stereocenters. The van der Waals surface area contributed by atoms with Gasteiger partial charge >= 0.3 is 5.97 Å². The average Bonchev–Trinajstić information content (AvgIpc) is 2.34. The monoisotopic (exact) mass is 255 g/mol. The number of nitrogens with zero attached hydrogens (tertiary/aromatic N) is 2. The van der Waals surface area contributed by atoms with Gasteiger partial charge in [-0.15, -0.1) is 0 Å². The Balaban J connectivity index is 3.03. The van der Waals surface area contributed by atoms with Gasteiger partial charge in [-0.1, -0.05) is 13.3 Å². The highest BCUT2D eigenvalue weighted by atomic mass is 19.1. The van der Waals surface area contributed by atoms with Crippen molar-refractivity contribution in [2.45, 2.75) is 39.2 Å². The van der Waals surface area contributed by atoms with Crippen molar-refractivity contribution >= 4 is 11.8 Å². The molecule has 5 nitrogen and oxygen atoms in total. The normalized spacial score (nSPS) is 13.8. The molecule has 0 aliphatic heterocycles. The summed E-state index contributed by atoms with van der Waals surface area (Å²) < 4.78 is 18.5. The van der Waals surface area contributed by atoms with Crippen molar-refractivity contribution in [3.8, 4) is 0 Å². The quantitative estimate of drug-likeness (QED) is 0.816. The zero-order valence-corrected chi connectivity index (χ0v) is 11.1. The zero-order valence-electron chi connectivity index (χ0n) is 11.1. The van der Waals surface area contributed by atoms with Crippen molar-refractivity contribution in [1.82, 2.24) is 9.97 Å². The summed E-state index contributed by atoms with van der Waals surface area (Å²) in [5, 5.41) is 2.82. The van der Waals surface area contributed by atoms with Crippen LogP contribution in [0.5, 0.6) is 0 Å². The van der Waals surface area contributed by atoms with Crippen LogP contribution in [0.4, 0.5) is 10.2 Å². The van der Waals surface area contributed by atoms with Crippen LogP contribution in [0.2, 0.25) is 0 Å². The molecule has 18 heavy (non-hydrogen) atoms. The van der Waals surface area contributed by atoms with Gasteiger partial charge in [-0.25, -0.2) is 19.2 Å². The molecule has 0 aliphatic rings. The molecular formula is C12H18FN3O2. The standard InChI is InChI=1S/C12H18FN3O2/c1-5-6-12(3,11(17)18-4)16-10-9(13)8(2)14-7-15-10/h7H,5-6H2,1-4H3,(H,14,15,16). The highest BCUT2D eigenvalue weighted by Crippen LogP contribution is 2.22. The Bertz CT molecular complexity index is 439. The lowest BCUT2D eigenvalue weighted by Crippen LogP contribution is -2.44. The summed E-state index contributed by atoms with van der Waals surface area (Å²) in [5.74, 6) is -0.979. The third-order valence-corrected chi connectivity index (χ3v) is 2.74. The number of carbonyl (C=O) groups is 1. The van der Waals surface area contributed by atoms with Crippen molar-refractivity contribution in [3.63, 3.8) is 0 Å². The number of halogens is 1. The summed E-state index contributed by atoms with van der Waals surface area (Å²) in [6, 6.07) is 0. The summed E-state index contributed by atoms with van der Waals surface area (Å²) >= 11 is 0. The summed E-state index contributed by atoms with van der Waals surface area (Å²) in [5.41, 5.74) is -0.762. The summed E-state index contributed by atoms with van der Waals surface area (Å²) in [4.78, 5) is 19.3. The van der Waals surface area contributed by atoms with Crippen LogP contribution in [-0.4, -0.2) is 28.6 Å². The first-order valence-electron chi connectivity index (χ1n) is 5.78. The van der Waals surface area contributed by atoms with E-state index in [0.717, 1.165) is 6.42 Å². The number of nitrogens with one attached hydrogen (secondary N) is 1. The molecular weight excluding hydrogens is 237 g/mol. The molecule has 6 heteroatoms. The minimum Gasteiger partial charge on any atom is -0.467 e. The fourth-order valence-electron chi connectivity index (χ4n) is 1.75. The molecule has 0 fully saturated rings. The van der Waals surface area contributed by atoms with Crippen molar-refractivity contribution in [1.29, 1.82) is 0 Å². The number of methoxy groups -OCH3 is 1. The van der Waals surface area contributed by atoms with Crippen LogP contribution in [0.3, 0.4) is 0 Å². The van der Waals surface area contributed by atoms with E-state index < -0.39 is 17.3 Å². The van der Waals surface area contributed by atoms with E-state index in [1.54, 1.807) is 6.92 Å². The predicted molar refractivity (Wildman–Crippen MR) is 65.7 cm³/mol. The Morgan fingerprint density at radius 1 is 1.56 bits per heavy atom. The van der Waals surface area contributed by atoms with Gasteiger partial charge < -0.3 is 10.1 Å². The molecule has 0 saturated heterocycles. The largest absolute Gasteiger partial charge is 0.467 e. The number of esters is 1. The molecule has 0 radical (unpaired) electrons. The molecule has 0 saturated carbocycles. The second-order valence-corrected chi connectivity index (χ2v) is 4.32. The minimum absolute atomic E-state index is 0.0175. The van der Waals surface area contributed by atoms with E-state index in [4.69, 9.17) is 4.74 Å². The SMILES string of the molecule is CCCC(C)(Nc1ncnc(C)c1F)C(=O)OC. The van der Waals surface area contributed by atoms with Crippen LogP contribution in [0.25, 0.3) is 0 Å². The second-order valence-electron chi connectivity index (χ2n) is 4.32. The molecule has 100 valence electrons. The van der Waals surface area contributed by atoms with Crippen LogP contribution in [-0.2, 0) is 9.53 Å². The van der Waals surface area contributed by atoms with Crippen molar-refractivity contribution in [3.05, 3.63) is 17.8 Å². The number of carbonyl (C=O) groups excluding carboxylic acids is 1. The van der Waals surface area contributed by atoms with Gasteiger partial charge in [0.05, 0.1) is 12.8 Å². The molecule has 0 aromatic carbocycles. The molecule has 1 rings (SSSR count). The van der Waals surface area contributed by atoms with Crippen LogP contribution < -0.4 is 5.32 Å². The molecule has 0 aliphatic carbocycles. The van der Waals surface area contributed by atoms with Gasteiger partial charge in [0.1, 0.15) is 11.9 Å². The van der Waals surface area contributed by atoms with Crippen molar-refractivity contribution < 1.29 is 13.9 Å².